The summed E-state index contributed by atoms with van der Waals surface area (Å²) in [6.07, 6.45) is 3.92. The second-order valence-corrected chi connectivity index (χ2v) is 8.63. The number of anilines is 2. The average Bonchev–Trinajstić information content (AvgIpc) is 3.28. The molecule has 9 heteroatoms. The lowest BCUT2D eigenvalue weighted by Gasteiger charge is -2.08. The van der Waals surface area contributed by atoms with Gasteiger partial charge in [-0.3, -0.25) is 19.8 Å². The number of carbonyl (C=O) groups excluding carboxylic acids is 1. The van der Waals surface area contributed by atoms with Gasteiger partial charge in [-0.05, 0) is 48.4 Å². The number of aromatic nitrogens is 2. The first kappa shape index (κ1) is 21.3. The van der Waals surface area contributed by atoms with Gasteiger partial charge in [-0.2, -0.15) is 0 Å². The van der Waals surface area contributed by atoms with E-state index in [9.17, 15) is 13.2 Å². The van der Waals surface area contributed by atoms with Crippen molar-refractivity contribution < 1.29 is 17.7 Å². The molecule has 0 bridgehead atoms. The van der Waals surface area contributed by atoms with Crippen molar-refractivity contribution >= 4 is 27.5 Å². The summed E-state index contributed by atoms with van der Waals surface area (Å²) in [4.78, 5) is 16.4. The third-order valence-corrected chi connectivity index (χ3v) is 6.16. The molecule has 0 radical (unpaired) electrons. The highest BCUT2D eigenvalue weighted by atomic mass is 32.2. The minimum atomic E-state index is -3.79. The van der Waals surface area contributed by atoms with Crippen molar-refractivity contribution in [2.45, 2.75) is 18.2 Å². The molecule has 0 fully saturated rings. The van der Waals surface area contributed by atoms with Crippen molar-refractivity contribution in [3.63, 3.8) is 0 Å². The van der Waals surface area contributed by atoms with Crippen LogP contribution in [0.1, 0.15) is 22.8 Å². The molecular formula is C23H20N4O4S. The van der Waals surface area contributed by atoms with Crippen molar-refractivity contribution in [3.05, 3.63) is 90.3 Å². The van der Waals surface area contributed by atoms with Gasteiger partial charge in [0.25, 0.3) is 15.9 Å². The molecule has 0 unspecified atom stereocenters. The lowest BCUT2D eigenvalue weighted by molar-refractivity contribution is 0.102. The monoisotopic (exact) mass is 448 g/mol. The second-order valence-electron chi connectivity index (χ2n) is 6.95. The summed E-state index contributed by atoms with van der Waals surface area (Å²) >= 11 is 0. The van der Waals surface area contributed by atoms with Crippen LogP contribution in [0.15, 0.2) is 88.5 Å². The average molecular weight is 449 g/mol. The van der Waals surface area contributed by atoms with Gasteiger partial charge >= 0.3 is 0 Å². The Hall–Kier alpha value is -3.98. The number of nitrogens with zero attached hydrogens (tertiary/aromatic N) is 2. The Morgan fingerprint density at radius 2 is 1.66 bits per heavy atom. The number of benzene rings is 2. The normalized spacial score (nSPS) is 11.2. The molecule has 2 heterocycles. The van der Waals surface area contributed by atoms with Crippen molar-refractivity contribution in [3.8, 4) is 11.3 Å². The Kier molecular flexibility index (Phi) is 6.00. The number of amides is 1. The molecule has 2 N–H and O–H groups in total. The van der Waals surface area contributed by atoms with Gasteiger partial charge in [0.15, 0.2) is 0 Å². The fourth-order valence-corrected chi connectivity index (χ4v) is 4.04. The molecule has 4 aromatic rings. The van der Waals surface area contributed by atoms with Crippen molar-refractivity contribution in [1.29, 1.82) is 0 Å². The maximum atomic E-state index is 12.5. The van der Waals surface area contributed by atoms with E-state index >= 15 is 0 Å². The minimum absolute atomic E-state index is 0.0309. The smallest absolute Gasteiger partial charge is 0.261 e. The molecule has 0 saturated carbocycles. The van der Waals surface area contributed by atoms with Crippen LogP contribution in [0.4, 0.5) is 11.6 Å². The molecule has 0 saturated heterocycles. The van der Waals surface area contributed by atoms with Crippen molar-refractivity contribution in [1.82, 2.24) is 10.1 Å². The van der Waals surface area contributed by atoms with Crippen LogP contribution in [-0.2, 0) is 16.4 Å². The minimum Gasteiger partial charge on any atom is -0.338 e. The maximum Gasteiger partial charge on any atom is 0.261 e. The van der Waals surface area contributed by atoms with E-state index in [4.69, 9.17) is 4.52 Å². The van der Waals surface area contributed by atoms with Gasteiger partial charge < -0.3 is 4.52 Å². The van der Waals surface area contributed by atoms with E-state index in [-0.39, 0.29) is 16.3 Å². The highest BCUT2D eigenvalue weighted by Crippen LogP contribution is 2.23. The van der Waals surface area contributed by atoms with Gasteiger partial charge in [0.05, 0.1) is 10.6 Å². The largest absolute Gasteiger partial charge is 0.338 e. The Labute approximate surface area is 185 Å². The molecule has 162 valence electrons. The molecule has 0 spiro atoms. The summed E-state index contributed by atoms with van der Waals surface area (Å²) in [5.41, 5.74) is 3.37. The molecule has 8 nitrogen and oxygen atoms in total. The molecular weight excluding hydrogens is 428 g/mol. The number of sulfonamides is 1. The van der Waals surface area contributed by atoms with Crippen molar-refractivity contribution in [2.75, 3.05) is 10.0 Å². The van der Waals surface area contributed by atoms with Crippen LogP contribution in [0.25, 0.3) is 11.3 Å². The Morgan fingerprint density at radius 3 is 2.31 bits per heavy atom. The van der Waals surface area contributed by atoms with Crippen molar-refractivity contribution in [2.24, 2.45) is 0 Å². The molecule has 1 amide bonds. The zero-order valence-corrected chi connectivity index (χ0v) is 18.0. The number of hydrogen-bond donors (Lipinski definition) is 2. The first-order valence-corrected chi connectivity index (χ1v) is 11.3. The molecule has 32 heavy (non-hydrogen) atoms. The molecule has 0 atom stereocenters. The summed E-state index contributed by atoms with van der Waals surface area (Å²) in [5.74, 6) is -0.249. The summed E-state index contributed by atoms with van der Waals surface area (Å²) in [7, 11) is -3.79. The Morgan fingerprint density at radius 1 is 0.969 bits per heavy atom. The van der Waals surface area contributed by atoms with Gasteiger partial charge in [-0.15, -0.1) is 0 Å². The Balaban J connectivity index is 1.43. The van der Waals surface area contributed by atoms with E-state index in [1.54, 1.807) is 18.2 Å². The summed E-state index contributed by atoms with van der Waals surface area (Å²) in [6.45, 7) is 2.08. The number of aryl methyl sites for hydroxylation is 1. The number of pyridine rings is 1. The van der Waals surface area contributed by atoms with E-state index < -0.39 is 15.9 Å². The van der Waals surface area contributed by atoms with Gasteiger partial charge in [-0.1, -0.05) is 36.3 Å². The second kappa shape index (κ2) is 9.03. The van der Waals surface area contributed by atoms with E-state index in [1.165, 1.54) is 42.2 Å². The fourth-order valence-electron chi connectivity index (χ4n) is 2.98. The van der Waals surface area contributed by atoms with Crippen LogP contribution in [0.3, 0.4) is 0 Å². The number of hydrogen-bond acceptors (Lipinski definition) is 6. The van der Waals surface area contributed by atoms with E-state index in [2.05, 4.69) is 27.1 Å². The zero-order chi connectivity index (χ0) is 22.6. The van der Waals surface area contributed by atoms with E-state index in [0.29, 0.717) is 11.4 Å². The number of rotatable bonds is 7. The van der Waals surface area contributed by atoms with Crippen LogP contribution in [0, 0.1) is 0 Å². The van der Waals surface area contributed by atoms with E-state index in [1.807, 2.05) is 24.3 Å². The molecule has 2 aromatic carbocycles. The third kappa shape index (κ3) is 4.84. The van der Waals surface area contributed by atoms with Crippen LogP contribution < -0.4 is 10.0 Å². The predicted molar refractivity (Wildman–Crippen MR) is 121 cm³/mol. The topological polar surface area (TPSA) is 114 Å². The van der Waals surface area contributed by atoms with Crippen LogP contribution in [0.5, 0.6) is 0 Å². The number of nitrogens with one attached hydrogen (secondary N) is 2. The Bertz CT molecular complexity index is 1320. The maximum absolute atomic E-state index is 12.5. The highest BCUT2D eigenvalue weighted by Gasteiger charge is 2.16. The van der Waals surface area contributed by atoms with Crippen LogP contribution >= 0.6 is 0 Å². The molecule has 0 aliphatic heterocycles. The molecule has 0 aliphatic carbocycles. The lowest BCUT2D eigenvalue weighted by atomic mass is 10.1. The van der Waals surface area contributed by atoms with Crippen LogP contribution in [0.2, 0.25) is 0 Å². The quantitative estimate of drug-likeness (QED) is 0.434. The zero-order valence-electron chi connectivity index (χ0n) is 17.1. The highest BCUT2D eigenvalue weighted by molar-refractivity contribution is 7.92. The SMILES string of the molecule is CCc1ccc(-c2cc(NC(=O)c3ccc(S(=O)(=O)Nc4ccncc4)cc3)on2)cc1. The van der Waals surface area contributed by atoms with Gasteiger partial charge in [0.1, 0.15) is 5.69 Å². The van der Waals surface area contributed by atoms with Gasteiger partial charge in [0.2, 0.25) is 5.88 Å². The molecule has 0 aliphatic rings. The number of carbonyl (C=O) groups is 1. The first-order valence-electron chi connectivity index (χ1n) is 9.85. The van der Waals surface area contributed by atoms with E-state index in [0.717, 1.165) is 12.0 Å². The lowest BCUT2D eigenvalue weighted by Crippen LogP contribution is -2.14. The third-order valence-electron chi connectivity index (χ3n) is 4.76. The van der Waals surface area contributed by atoms with Gasteiger partial charge in [-0.25, -0.2) is 8.42 Å². The standard InChI is InChI=1S/C23H20N4O4S/c1-2-16-3-5-17(6-4-16)21-15-22(31-26-21)25-23(28)18-7-9-20(10-8-18)32(29,30)27-19-11-13-24-14-12-19/h3-15H,2H2,1H3,(H,24,27)(H,25,28). The summed E-state index contributed by atoms with van der Waals surface area (Å²) < 4.78 is 32.7. The fraction of sp³-hybridized carbons (Fsp3) is 0.0870. The first-order chi connectivity index (χ1) is 15.4. The summed E-state index contributed by atoms with van der Waals surface area (Å²) in [6, 6.07) is 18.2. The summed E-state index contributed by atoms with van der Waals surface area (Å²) in [5, 5.41) is 6.62. The molecule has 4 rings (SSSR count). The van der Waals surface area contributed by atoms with Crippen LogP contribution in [-0.4, -0.2) is 24.5 Å². The van der Waals surface area contributed by atoms with Gasteiger partial charge in [0, 0.05) is 29.6 Å². The predicted octanol–water partition coefficient (Wildman–Crippen LogP) is 4.35. The molecule has 2 aromatic heterocycles.